The minimum Gasteiger partial charge on any atom is -0.481 e. The summed E-state index contributed by atoms with van der Waals surface area (Å²) in [5.74, 6) is -0.0561. The molecule has 9 heteroatoms. The first-order valence-electron chi connectivity index (χ1n) is 11.9. The molecule has 1 atom stereocenters. The van der Waals surface area contributed by atoms with E-state index < -0.39 is 23.1 Å². The molecule has 0 saturated heterocycles. The van der Waals surface area contributed by atoms with Gasteiger partial charge in [0.05, 0.1) is 11.3 Å². The van der Waals surface area contributed by atoms with E-state index in [1.54, 1.807) is 13.0 Å². The lowest BCUT2D eigenvalue weighted by molar-refractivity contribution is -0.138. The third-order valence-corrected chi connectivity index (χ3v) is 7.17. The Morgan fingerprint density at radius 1 is 0.974 bits per heavy atom. The fourth-order valence-corrected chi connectivity index (χ4v) is 4.90. The van der Waals surface area contributed by atoms with E-state index in [2.05, 4.69) is 5.16 Å². The molecule has 0 aliphatic rings. The Kier molecular flexibility index (Phi) is 8.58. The van der Waals surface area contributed by atoms with E-state index in [4.69, 9.17) is 9.63 Å². The number of halogens is 3. The van der Waals surface area contributed by atoms with Gasteiger partial charge in [-0.1, -0.05) is 71.9 Å². The molecule has 0 aliphatic carbocycles. The molecule has 2 N–H and O–H groups in total. The van der Waals surface area contributed by atoms with Crippen molar-refractivity contribution in [2.75, 3.05) is 0 Å². The topological polar surface area (TPSA) is 83.6 Å². The Morgan fingerprint density at radius 3 is 2.24 bits per heavy atom. The Labute approximate surface area is 222 Å². The van der Waals surface area contributed by atoms with Crippen LogP contribution in [-0.4, -0.2) is 26.8 Å². The van der Waals surface area contributed by atoms with E-state index in [0.717, 1.165) is 51.7 Å². The number of aryl methyl sites for hydroxylation is 2. The number of aliphatic hydroxyl groups is 1. The van der Waals surface area contributed by atoms with Gasteiger partial charge in [0.25, 0.3) is 0 Å². The highest BCUT2D eigenvalue weighted by Gasteiger charge is 2.30. The minimum atomic E-state index is -4.41. The van der Waals surface area contributed by atoms with Crippen molar-refractivity contribution in [1.29, 1.82) is 0 Å². The molecular weight excluding hydrogens is 515 g/mol. The van der Waals surface area contributed by atoms with Gasteiger partial charge < -0.3 is 14.7 Å². The lowest BCUT2D eigenvalue weighted by Gasteiger charge is -2.12. The molecule has 0 spiro atoms. The van der Waals surface area contributed by atoms with Gasteiger partial charge in [-0.15, -0.1) is 11.8 Å². The largest absolute Gasteiger partial charge is 0.481 e. The number of alkyl halides is 3. The van der Waals surface area contributed by atoms with Gasteiger partial charge in [-0.25, -0.2) is 0 Å². The van der Waals surface area contributed by atoms with Gasteiger partial charge in [0.15, 0.2) is 5.76 Å². The number of aliphatic hydroxyl groups excluding tert-OH is 1. The van der Waals surface area contributed by atoms with Crippen molar-refractivity contribution in [2.45, 2.75) is 43.6 Å². The first-order chi connectivity index (χ1) is 18.1. The third-order valence-electron chi connectivity index (χ3n) is 6.12. The van der Waals surface area contributed by atoms with Crippen molar-refractivity contribution in [1.82, 2.24) is 5.16 Å². The molecule has 1 aromatic heterocycles. The van der Waals surface area contributed by atoms with Crippen LogP contribution in [0.2, 0.25) is 0 Å². The first kappa shape index (κ1) is 27.5. The van der Waals surface area contributed by atoms with Gasteiger partial charge >= 0.3 is 12.1 Å². The summed E-state index contributed by atoms with van der Waals surface area (Å²) in [6.45, 7) is 1.78. The summed E-state index contributed by atoms with van der Waals surface area (Å²) in [6, 6.07) is 20.5. The molecule has 0 amide bonds. The van der Waals surface area contributed by atoms with Gasteiger partial charge in [0.2, 0.25) is 0 Å². The minimum absolute atomic E-state index is 0.0887. The number of aromatic nitrogens is 1. The quantitative estimate of drug-likeness (QED) is 0.208. The zero-order valence-electron chi connectivity index (χ0n) is 20.5. The summed E-state index contributed by atoms with van der Waals surface area (Å²) in [5.41, 5.74) is 4.01. The molecule has 198 valence electrons. The number of carbonyl (C=O) groups is 1. The first-order valence-corrected chi connectivity index (χ1v) is 13.0. The van der Waals surface area contributed by atoms with Crippen LogP contribution in [0.15, 0.2) is 77.3 Å². The average Bonchev–Trinajstić information content (AvgIpc) is 3.26. The molecule has 3 aromatic carbocycles. The molecule has 4 rings (SSSR count). The Bertz CT molecular complexity index is 1380. The van der Waals surface area contributed by atoms with Crippen molar-refractivity contribution in [3.05, 3.63) is 101 Å². The molecule has 4 aromatic rings. The van der Waals surface area contributed by atoms with Gasteiger partial charge in [0, 0.05) is 29.7 Å². The summed E-state index contributed by atoms with van der Waals surface area (Å²) in [6.07, 6.45) is -3.61. The van der Waals surface area contributed by atoms with Crippen LogP contribution in [0.1, 0.15) is 34.4 Å². The van der Waals surface area contributed by atoms with Gasteiger partial charge in [-0.2, -0.15) is 13.2 Å². The molecule has 0 radical (unpaired) electrons. The molecule has 0 bridgehead atoms. The van der Waals surface area contributed by atoms with Crippen molar-refractivity contribution in [3.8, 4) is 22.5 Å². The van der Waals surface area contributed by atoms with E-state index in [-0.39, 0.29) is 18.6 Å². The number of rotatable bonds is 10. The smallest absolute Gasteiger partial charge is 0.416 e. The number of nitrogens with zero attached hydrogens (tertiary/aromatic N) is 1. The van der Waals surface area contributed by atoms with Crippen molar-refractivity contribution in [2.24, 2.45) is 0 Å². The van der Waals surface area contributed by atoms with Crippen molar-refractivity contribution >= 4 is 17.7 Å². The molecule has 0 fully saturated rings. The molecular formula is C29H26F3NO4S. The van der Waals surface area contributed by atoms with Crippen LogP contribution in [-0.2, 0) is 29.6 Å². The van der Waals surface area contributed by atoms with E-state index in [0.29, 0.717) is 23.4 Å². The number of carboxylic acid groups (broad SMARTS) is 1. The normalized spacial score (nSPS) is 12.4. The third kappa shape index (κ3) is 7.05. The second-order valence-electron chi connectivity index (χ2n) is 8.91. The van der Waals surface area contributed by atoms with Gasteiger partial charge in [-0.3, -0.25) is 4.79 Å². The molecule has 38 heavy (non-hydrogen) atoms. The molecule has 0 aliphatic heterocycles. The second-order valence-corrected chi connectivity index (χ2v) is 10.1. The summed E-state index contributed by atoms with van der Waals surface area (Å²) in [5, 5.41) is 23.5. The zero-order valence-corrected chi connectivity index (χ0v) is 21.4. The van der Waals surface area contributed by atoms with E-state index in [1.165, 1.54) is 6.07 Å². The fourth-order valence-electron chi connectivity index (χ4n) is 4.05. The van der Waals surface area contributed by atoms with Crippen LogP contribution in [0.25, 0.3) is 22.5 Å². The van der Waals surface area contributed by atoms with Crippen LogP contribution in [0.4, 0.5) is 13.2 Å². The Hall–Kier alpha value is -3.56. The lowest BCUT2D eigenvalue weighted by Crippen LogP contribution is -2.08. The zero-order chi connectivity index (χ0) is 27.3. The molecule has 5 nitrogen and oxygen atoms in total. The molecule has 0 saturated carbocycles. The fraction of sp³-hybridized carbons (Fsp3) is 0.241. The highest BCUT2D eigenvalue weighted by Crippen LogP contribution is 2.33. The maximum atomic E-state index is 13.0. The standard InChI is InChI=1S/C29H26F3NO4S/c1-18-25(16-27(36)38-17-20-3-2-4-24(15-20)29(30,31)32)28(37-33-18)23-12-10-22(11-13-23)21-8-5-19(6-9-21)7-14-26(34)35/h2-6,8-13,15,27,36H,7,14,16-17H2,1H3,(H,34,35)/t27-/m0/s1. The maximum absolute atomic E-state index is 13.0. The van der Waals surface area contributed by atoms with Crippen LogP contribution in [0.5, 0.6) is 0 Å². The predicted octanol–water partition coefficient (Wildman–Crippen LogP) is 7.15. The van der Waals surface area contributed by atoms with Crippen LogP contribution < -0.4 is 0 Å². The highest BCUT2D eigenvalue weighted by atomic mass is 32.2. The number of carboxylic acids is 1. The van der Waals surface area contributed by atoms with Crippen LogP contribution in [0, 0.1) is 6.92 Å². The van der Waals surface area contributed by atoms with E-state index in [1.807, 2.05) is 48.5 Å². The van der Waals surface area contributed by atoms with Crippen LogP contribution >= 0.6 is 11.8 Å². The second kappa shape index (κ2) is 11.9. The Morgan fingerprint density at radius 2 is 1.61 bits per heavy atom. The monoisotopic (exact) mass is 541 g/mol. The van der Waals surface area contributed by atoms with Gasteiger partial charge in [-0.05, 0) is 41.7 Å². The number of hydrogen-bond donors (Lipinski definition) is 2. The molecule has 1 heterocycles. The number of aliphatic carboxylic acids is 1. The summed E-state index contributed by atoms with van der Waals surface area (Å²) >= 11 is 1.15. The predicted molar refractivity (Wildman–Crippen MR) is 141 cm³/mol. The average molecular weight is 542 g/mol. The van der Waals surface area contributed by atoms with E-state index in [9.17, 15) is 23.1 Å². The number of benzene rings is 3. The number of thioether (sulfide) groups is 1. The van der Waals surface area contributed by atoms with Gasteiger partial charge in [0.1, 0.15) is 5.44 Å². The van der Waals surface area contributed by atoms with Crippen LogP contribution in [0.3, 0.4) is 0 Å². The lowest BCUT2D eigenvalue weighted by atomic mass is 9.99. The van der Waals surface area contributed by atoms with Crippen molar-refractivity contribution in [3.63, 3.8) is 0 Å². The highest BCUT2D eigenvalue weighted by molar-refractivity contribution is 7.98. The summed E-state index contributed by atoms with van der Waals surface area (Å²) < 4.78 is 44.5. The summed E-state index contributed by atoms with van der Waals surface area (Å²) in [7, 11) is 0. The van der Waals surface area contributed by atoms with Crippen molar-refractivity contribution < 1.29 is 32.7 Å². The molecule has 0 unspecified atom stereocenters. The SMILES string of the molecule is Cc1noc(-c2ccc(-c3ccc(CCC(=O)O)cc3)cc2)c1C[C@@H](O)SCc1cccc(C(F)(F)F)c1. The maximum Gasteiger partial charge on any atom is 0.416 e. The van der Waals surface area contributed by atoms with E-state index >= 15 is 0 Å². The Balaban J connectivity index is 1.42. The summed E-state index contributed by atoms with van der Waals surface area (Å²) in [4.78, 5) is 10.8. The number of hydrogen-bond acceptors (Lipinski definition) is 5.